The Balaban J connectivity index is 1.87. The Labute approximate surface area is 211 Å². The van der Waals surface area contributed by atoms with Crippen molar-refractivity contribution in [3.63, 3.8) is 0 Å². The second-order valence-corrected chi connectivity index (χ2v) is 9.60. The number of rotatable bonds is 12. The molecule has 0 saturated carbocycles. The number of hydrogen-bond acceptors (Lipinski definition) is 3. The van der Waals surface area contributed by atoms with E-state index in [0.717, 1.165) is 17.5 Å². The highest BCUT2D eigenvalue weighted by Gasteiger charge is 2.31. The molecule has 3 aromatic carbocycles. The molecule has 3 rings (SSSR count). The summed E-state index contributed by atoms with van der Waals surface area (Å²) in [7, 11) is 0. The molecule has 1 N–H and O–H groups in total. The molecule has 35 heavy (non-hydrogen) atoms. The van der Waals surface area contributed by atoms with Gasteiger partial charge in [-0.2, -0.15) is 0 Å². The van der Waals surface area contributed by atoms with Gasteiger partial charge in [0.25, 0.3) is 0 Å². The number of nitrogens with one attached hydrogen (secondary N) is 1. The molecule has 2 atom stereocenters. The molecule has 0 unspecified atom stereocenters. The first-order valence-corrected chi connectivity index (χ1v) is 13.1. The number of thioether (sulfide) groups is 1. The molecule has 0 spiro atoms. The van der Waals surface area contributed by atoms with Crippen molar-refractivity contribution in [1.82, 2.24) is 10.2 Å². The molecule has 0 aromatic heterocycles. The number of carbonyl (C=O) groups is 2. The number of nitrogens with zero attached hydrogens (tertiary/aromatic N) is 1. The van der Waals surface area contributed by atoms with Gasteiger partial charge >= 0.3 is 0 Å². The van der Waals surface area contributed by atoms with Crippen molar-refractivity contribution in [2.75, 3.05) is 5.75 Å². The van der Waals surface area contributed by atoms with Crippen LogP contribution in [-0.4, -0.2) is 34.6 Å². The van der Waals surface area contributed by atoms with E-state index in [2.05, 4.69) is 5.32 Å². The molecule has 4 nitrogen and oxygen atoms in total. The second kappa shape index (κ2) is 13.7. The zero-order valence-corrected chi connectivity index (χ0v) is 21.1. The lowest BCUT2D eigenvalue weighted by molar-refractivity contribution is -0.139. The lowest BCUT2D eigenvalue weighted by Crippen LogP contribution is -2.52. The second-order valence-electron chi connectivity index (χ2n) is 8.61. The van der Waals surface area contributed by atoms with E-state index in [1.165, 1.54) is 17.8 Å². The highest BCUT2D eigenvalue weighted by molar-refractivity contribution is 7.99. The van der Waals surface area contributed by atoms with Crippen LogP contribution in [0.15, 0.2) is 84.9 Å². The van der Waals surface area contributed by atoms with Gasteiger partial charge in [-0.05, 0) is 30.5 Å². The Hall–Kier alpha value is -3.12. The Kier molecular flexibility index (Phi) is 10.4. The molecule has 0 fully saturated rings. The number of carbonyl (C=O) groups excluding carboxylic acids is 2. The lowest BCUT2D eigenvalue weighted by atomic mass is 10.0. The van der Waals surface area contributed by atoms with Crippen LogP contribution >= 0.6 is 11.8 Å². The van der Waals surface area contributed by atoms with Crippen molar-refractivity contribution in [2.24, 2.45) is 0 Å². The van der Waals surface area contributed by atoms with Crippen LogP contribution in [-0.2, 0) is 28.3 Å². The van der Waals surface area contributed by atoms with Crippen molar-refractivity contribution in [1.29, 1.82) is 0 Å². The summed E-state index contributed by atoms with van der Waals surface area (Å²) in [5.74, 6) is 0.0896. The third kappa shape index (κ3) is 8.25. The van der Waals surface area contributed by atoms with Gasteiger partial charge in [0.05, 0.1) is 5.75 Å². The lowest BCUT2D eigenvalue weighted by Gasteiger charge is -2.32. The van der Waals surface area contributed by atoms with Crippen molar-refractivity contribution in [2.45, 2.75) is 51.1 Å². The van der Waals surface area contributed by atoms with E-state index < -0.39 is 6.04 Å². The molecule has 0 aliphatic carbocycles. The Bertz CT molecular complexity index is 1080. The first kappa shape index (κ1) is 26.5. The van der Waals surface area contributed by atoms with Gasteiger partial charge in [0, 0.05) is 30.3 Å². The van der Waals surface area contributed by atoms with E-state index >= 15 is 0 Å². The van der Waals surface area contributed by atoms with E-state index in [9.17, 15) is 14.0 Å². The third-order valence-corrected chi connectivity index (χ3v) is 6.90. The molecule has 0 heterocycles. The zero-order valence-electron chi connectivity index (χ0n) is 20.3. The minimum Gasteiger partial charge on any atom is -0.352 e. The van der Waals surface area contributed by atoms with E-state index in [4.69, 9.17) is 0 Å². The fraction of sp³-hybridized carbons (Fsp3) is 0.310. The summed E-state index contributed by atoms with van der Waals surface area (Å²) in [5.41, 5.74) is 2.46. The van der Waals surface area contributed by atoms with Crippen LogP contribution in [0.4, 0.5) is 4.39 Å². The van der Waals surface area contributed by atoms with Gasteiger partial charge in [0.15, 0.2) is 0 Å². The standard InChI is InChI=1S/C29H33FN2O2S/c1-3-22(2)31-29(34)27(18-23-12-6-4-7-13-23)32(19-25-16-10-11-17-26(25)30)28(33)21-35-20-24-14-8-5-9-15-24/h4-17,22,27H,3,18-21H2,1-2H3,(H,31,34)/t22-,27-/m1/s1. The summed E-state index contributed by atoms with van der Waals surface area (Å²) in [5, 5.41) is 3.03. The molecule has 3 aromatic rings. The SMILES string of the molecule is CC[C@@H](C)NC(=O)[C@@H](Cc1ccccc1)N(Cc1ccccc1F)C(=O)CSCc1ccccc1. The summed E-state index contributed by atoms with van der Waals surface area (Å²) >= 11 is 1.49. The first-order chi connectivity index (χ1) is 17.0. The molecule has 0 radical (unpaired) electrons. The van der Waals surface area contributed by atoms with Gasteiger partial charge in [0.2, 0.25) is 11.8 Å². The van der Waals surface area contributed by atoms with Crippen LogP contribution in [0.1, 0.15) is 37.0 Å². The average molecular weight is 493 g/mol. The summed E-state index contributed by atoms with van der Waals surface area (Å²) in [4.78, 5) is 28.5. The molecule has 0 aliphatic heterocycles. The normalized spacial score (nSPS) is 12.5. The van der Waals surface area contributed by atoms with Crippen LogP contribution < -0.4 is 5.32 Å². The van der Waals surface area contributed by atoms with Crippen molar-refractivity contribution in [3.8, 4) is 0 Å². The van der Waals surface area contributed by atoms with Crippen LogP contribution in [0.2, 0.25) is 0 Å². The van der Waals surface area contributed by atoms with Gasteiger partial charge in [-0.1, -0.05) is 85.8 Å². The maximum Gasteiger partial charge on any atom is 0.243 e. The minimum absolute atomic E-state index is 0.0290. The largest absolute Gasteiger partial charge is 0.352 e. The first-order valence-electron chi connectivity index (χ1n) is 12.0. The van der Waals surface area contributed by atoms with Crippen LogP contribution in [0.5, 0.6) is 0 Å². The summed E-state index contributed by atoms with van der Waals surface area (Å²) in [6.07, 6.45) is 1.13. The predicted molar refractivity (Wildman–Crippen MR) is 141 cm³/mol. The molecule has 6 heteroatoms. The molecule has 0 saturated heterocycles. The minimum atomic E-state index is -0.754. The number of hydrogen-bond donors (Lipinski definition) is 1. The van der Waals surface area contributed by atoms with E-state index in [1.54, 1.807) is 23.1 Å². The molecule has 0 bridgehead atoms. The number of amides is 2. The van der Waals surface area contributed by atoms with Crippen molar-refractivity contribution < 1.29 is 14.0 Å². The van der Waals surface area contributed by atoms with Gasteiger partial charge in [-0.25, -0.2) is 4.39 Å². The number of halogens is 1. The van der Waals surface area contributed by atoms with Crippen molar-refractivity contribution in [3.05, 3.63) is 107 Å². The molecular weight excluding hydrogens is 459 g/mol. The highest BCUT2D eigenvalue weighted by Crippen LogP contribution is 2.20. The van der Waals surface area contributed by atoms with Crippen molar-refractivity contribution >= 4 is 23.6 Å². The maximum atomic E-state index is 14.6. The topological polar surface area (TPSA) is 49.4 Å². The number of benzene rings is 3. The summed E-state index contributed by atoms with van der Waals surface area (Å²) in [6.45, 7) is 3.97. The Morgan fingerprint density at radius 3 is 2.14 bits per heavy atom. The maximum absolute atomic E-state index is 14.6. The third-order valence-electron chi connectivity index (χ3n) is 5.91. The highest BCUT2D eigenvalue weighted by atomic mass is 32.2. The quantitative estimate of drug-likeness (QED) is 0.357. The molecule has 184 valence electrons. The van der Waals surface area contributed by atoms with Gasteiger partial charge in [0.1, 0.15) is 11.9 Å². The summed E-state index contributed by atoms with van der Waals surface area (Å²) in [6, 6.07) is 25.2. The van der Waals surface area contributed by atoms with Gasteiger partial charge in [-0.15, -0.1) is 11.8 Å². The molecular formula is C29H33FN2O2S. The van der Waals surface area contributed by atoms with Crippen LogP contribution in [0.25, 0.3) is 0 Å². The smallest absolute Gasteiger partial charge is 0.243 e. The van der Waals surface area contributed by atoms with Crippen LogP contribution in [0.3, 0.4) is 0 Å². The van der Waals surface area contributed by atoms with E-state index in [1.807, 2.05) is 74.5 Å². The average Bonchev–Trinajstić information content (AvgIpc) is 2.88. The van der Waals surface area contributed by atoms with Crippen LogP contribution in [0, 0.1) is 5.82 Å². The Morgan fingerprint density at radius 1 is 0.914 bits per heavy atom. The fourth-order valence-electron chi connectivity index (χ4n) is 3.72. The Morgan fingerprint density at radius 2 is 1.51 bits per heavy atom. The predicted octanol–water partition coefficient (Wildman–Crippen LogP) is 5.61. The fourth-order valence-corrected chi connectivity index (χ4v) is 4.59. The molecule has 2 amide bonds. The van der Waals surface area contributed by atoms with E-state index in [0.29, 0.717) is 17.7 Å². The zero-order chi connectivity index (χ0) is 25.0. The molecule has 0 aliphatic rings. The van der Waals surface area contributed by atoms with Gasteiger partial charge < -0.3 is 10.2 Å². The summed E-state index contributed by atoms with van der Waals surface area (Å²) < 4.78 is 14.6. The monoisotopic (exact) mass is 492 g/mol. The van der Waals surface area contributed by atoms with Gasteiger partial charge in [-0.3, -0.25) is 9.59 Å². The van der Waals surface area contributed by atoms with E-state index in [-0.39, 0.29) is 36.0 Å².